The number of hydrogen-bond donors (Lipinski definition) is 0. The lowest BCUT2D eigenvalue weighted by atomic mass is 9.92. The van der Waals surface area contributed by atoms with Crippen molar-refractivity contribution in [2.75, 3.05) is 18.6 Å². The zero-order valence-electron chi connectivity index (χ0n) is 21.5. The van der Waals surface area contributed by atoms with Gasteiger partial charge in [0.25, 0.3) is 0 Å². The monoisotopic (exact) mass is 522 g/mol. The average Bonchev–Trinajstić information content (AvgIpc) is 3.62. The molecular weight excluding hydrogens is 491 g/mol. The maximum absolute atomic E-state index is 14.4. The molecule has 0 unspecified atom stereocenters. The number of benzene rings is 2. The van der Waals surface area contributed by atoms with Crippen LogP contribution in [0.2, 0.25) is 5.02 Å². The maximum atomic E-state index is 14.4. The molecule has 37 heavy (non-hydrogen) atoms. The van der Waals surface area contributed by atoms with Gasteiger partial charge in [-0.3, -0.25) is 0 Å². The van der Waals surface area contributed by atoms with E-state index in [-0.39, 0.29) is 16.9 Å². The van der Waals surface area contributed by atoms with E-state index >= 15 is 0 Å². The number of anilines is 1. The highest BCUT2D eigenvalue weighted by Gasteiger charge is 2.34. The van der Waals surface area contributed by atoms with E-state index in [9.17, 15) is 4.39 Å². The van der Waals surface area contributed by atoms with Crippen LogP contribution in [0.1, 0.15) is 67.9 Å². The second kappa shape index (κ2) is 9.76. The molecule has 0 amide bonds. The van der Waals surface area contributed by atoms with E-state index in [2.05, 4.69) is 32.8 Å². The van der Waals surface area contributed by atoms with Crippen molar-refractivity contribution >= 4 is 28.3 Å². The van der Waals surface area contributed by atoms with Crippen LogP contribution in [0.15, 0.2) is 40.9 Å². The highest BCUT2D eigenvalue weighted by atomic mass is 35.5. The molecule has 1 saturated carbocycles. The Bertz CT molecular complexity index is 1420. The first-order valence-corrected chi connectivity index (χ1v) is 13.5. The molecule has 4 aromatic rings. The van der Waals surface area contributed by atoms with Gasteiger partial charge < -0.3 is 18.7 Å². The second-order valence-electron chi connectivity index (χ2n) is 10.4. The molecule has 0 spiro atoms. The van der Waals surface area contributed by atoms with Gasteiger partial charge in [0, 0.05) is 30.9 Å². The Morgan fingerprint density at radius 2 is 1.86 bits per heavy atom. The molecule has 1 aliphatic heterocycles. The van der Waals surface area contributed by atoms with Gasteiger partial charge in [-0.05, 0) is 88.3 Å². The highest BCUT2D eigenvalue weighted by Crippen LogP contribution is 2.42. The summed E-state index contributed by atoms with van der Waals surface area (Å²) in [6.07, 6.45) is 6.48. The van der Waals surface area contributed by atoms with Crippen LogP contribution in [0, 0.1) is 19.7 Å². The minimum Gasteiger partial charge on any atom is -0.381 e. The van der Waals surface area contributed by atoms with Gasteiger partial charge in [0.05, 0.1) is 33.9 Å². The van der Waals surface area contributed by atoms with Crippen molar-refractivity contribution in [2.24, 2.45) is 0 Å². The fourth-order valence-electron chi connectivity index (χ4n) is 6.33. The summed E-state index contributed by atoms with van der Waals surface area (Å²) in [6.45, 7) is 4.77. The predicted octanol–water partition coefficient (Wildman–Crippen LogP) is 7.57. The molecule has 8 heteroatoms. The molecular formula is C29H32ClFN4O2. The molecule has 6 nitrogen and oxygen atoms in total. The van der Waals surface area contributed by atoms with E-state index in [1.165, 1.54) is 0 Å². The number of nitrogens with zero attached hydrogens (tertiary/aromatic N) is 4. The van der Waals surface area contributed by atoms with Crippen molar-refractivity contribution in [1.82, 2.24) is 14.7 Å². The van der Waals surface area contributed by atoms with Crippen LogP contribution in [0.5, 0.6) is 0 Å². The summed E-state index contributed by atoms with van der Waals surface area (Å²) in [6, 6.07) is 12.0. The molecule has 6 rings (SSSR count). The molecule has 1 atom stereocenters. The van der Waals surface area contributed by atoms with E-state index in [4.69, 9.17) is 25.8 Å². The fourth-order valence-corrected chi connectivity index (χ4v) is 6.45. The Kier molecular flexibility index (Phi) is 6.45. The van der Waals surface area contributed by atoms with Gasteiger partial charge in [0.2, 0.25) is 0 Å². The lowest BCUT2D eigenvalue weighted by molar-refractivity contribution is 0.0584. The molecule has 194 valence electrons. The molecule has 3 heterocycles. The number of halogens is 2. The molecule has 1 aliphatic carbocycles. The number of imidazole rings is 1. The fraction of sp³-hybridized carbons (Fsp3) is 0.448. The van der Waals surface area contributed by atoms with Gasteiger partial charge in [-0.2, -0.15) is 0 Å². The van der Waals surface area contributed by atoms with Crippen molar-refractivity contribution in [2.45, 2.75) is 70.6 Å². The van der Waals surface area contributed by atoms with Crippen molar-refractivity contribution in [1.29, 1.82) is 0 Å². The zero-order valence-corrected chi connectivity index (χ0v) is 22.3. The summed E-state index contributed by atoms with van der Waals surface area (Å²) >= 11 is 5.99. The molecule has 2 aromatic heterocycles. The van der Waals surface area contributed by atoms with Gasteiger partial charge in [-0.1, -0.05) is 22.8 Å². The summed E-state index contributed by atoms with van der Waals surface area (Å²) in [5.41, 5.74) is 5.92. The van der Waals surface area contributed by atoms with E-state index < -0.39 is 0 Å². The number of fused-ring (bicyclic) bond motifs is 1. The summed E-state index contributed by atoms with van der Waals surface area (Å²) in [7, 11) is 1.81. The highest BCUT2D eigenvalue weighted by molar-refractivity contribution is 6.30. The third-order valence-corrected chi connectivity index (χ3v) is 8.47. The molecule has 0 bridgehead atoms. The first kappa shape index (κ1) is 24.4. The van der Waals surface area contributed by atoms with E-state index in [1.54, 1.807) is 19.2 Å². The first-order chi connectivity index (χ1) is 17.9. The summed E-state index contributed by atoms with van der Waals surface area (Å²) in [5, 5.41) is 4.29. The lowest BCUT2D eigenvalue weighted by Gasteiger charge is -2.33. The zero-order chi connectivity index (χ0) is 25.7. The quantitative estimate of drug-likeness (QED) is 0.270. The van der Waals surface area contributed by atoms with Crippen LogP contribution in [0.4, 0.5) is 10.1 Å². The predicted molar refractivity (Wildman–Crippen MR) is 144 cm³/mol. The first-order valence-electron chi connectivity index (χ1n) is 13.1. The normalized spacial score (nSPS) is 22.3. The van der Waals surface area contributed by atoms with Gasteiger partial charge >= 0.3 is 0 Å². The van der Waals surface area contributed by atoms with E-state index in [0.717, 1.165) is 90.2 Å². The van der Waals surface area contributed by atoms with Crippen molar-refractivity contribution in [3.8, 4) is 11.1 Å². The SMILES string of the molecule is CO[C@H]1CC[C@H](n2c([C@@H]3CCCN3c3ccc(Cl)c(F)c3)nc3cc(-c4c(C)noc4C)ccc32)CC1. The van der Waals surface area contributed by atoms with E-state index in [0.29, 0.717) is 12.1 Å². The van der Waals surface area contributed by atoms with Crippen molar-refractivity contribution in [3.05, 3.63) is 64.5 Å². The van der Waals surface area contributed by atoms with Crippen molar-refractivity contribution < 1.29 is 13.7 Å². The Balaban J connectivity index is 1.46. The molecule has 2 fully saturated rings. The summed E-state index contributed by atoms with van der Waals surface area (Å²) in [5.74, 6) is 1.47. The number of aryl methyl sites for hydroxylation is 2. The molecule has 0 N–H and O–H groups in total. The third-order valence-electron chi connectivity index (χ3n) is 8.17. The number of ether oxygens (including phenoxy) is 1. The van der Waals surface area contributed by atoms with Crippen LogP contribution in [0.3, 0.4) is 0 Å². The smallest absolute Gasteiger partial charge is 0.143 e. The van der Waals surface area contributed by atoms with Gasteiger partial charge in [-0.25, -0.2) is 9.37 Å². The Labute approximate surface area is 221 Å². The maximum Gasteiger partial charge on any atom is 0.143 e. The summed E-state index contributed by atoms with van der Waals surface area (Å²) in [4.78, 5) is 7.56. The van der Waals surface area contributed by atoms with E-state index in [1.807, 2.05) is 19.9 Å². The number of methoxy groups -OCH3 is 1. The molecule has 2 aromatic carbocycles. The average molecular weight is 523 g/mol. The van der Waals surface area contributed by atoms with Gasteiger partial charge in [0.1, 0.15) is 17.4 Å². The Morgan fingerprint density at radius 3 is 2.57 bits per heavy atom. The largest absolute Gasteiger partial charge is 0.381 e. The molecule has 2 aliphatic rings. The topological polar surface area (TPSA) is 56.3 Å². The van der Waals surface area contributed by atoms with Gasteiger partial charge in [0.15, 0.2) is 0 Å². The summed E-state index contributed by atoms with van der Waals surface area (Å²) < 4.78 is 28.0. The standard InChI is InChI=1S/C29H32ClFN4O2/c1-17-28(18(2)37-33-17)19-6-13-26-25(15-19)32-29(35(26)20-7-10-22(36-3)11-8-20)27-5-4-14-34(27)21-9-12-23(30)24(31)16-21/h6,9,12-13,15-16,20,22,27H,4-5,7-8,10-11,14H2,1-3H3/t20-,22-,27-/m0/s1. The second-order valence-corrected chi connectivity index (χ2v) is 10.8. The van der Waals surface area contributed by atoms with Crippen molar-refractivity contribution in [3.63, 3.8) is 0 Å². The minimum atomic E-state index is -0.389. The number of rotatable bonds is 5. The number of aromatic nitrogens is 3. The van der Waals surface area contributed by atoms with Crippen LogP contribution in [-0.4, -0.2) is 34.5 Å². The van der Waals surface area contributed by atoms with Crippen LogP contribution >= 0.6 is 11.6 Å². The minimum absolute atomic E-state index is 0.0654. The van der Waals surface area contributed by atoms with Crippen LogP contribution < -0.4 is 4.90 Å². The number of hydrogen-bond acceptors (Lipinski definition) is 5. The third kappa shape index (κ3) is 4.32. The lowest BCUT2D eigenvalue weighted by Crippen LogP contribution is -2.28. The molecule has 1 saturated heterocycles. The Morgan fingerprint density at radius 1 is 1.05 bits per heavy atom. The molecule has 0 radical (unpaired) electrons. The van der Waals surface area contributed by atoms with Crippen LogP contribution in [0.25, 0.3) is 22.2 Å². The van der Waals surface area contributed by atoms with Gasteiger partial charge in [-0.15, -0.1) is 0 Å². The van der Waals surface area contributed by atoms with Crippen LogP contribution in [-0.2, 0) is 4.74 Å². The Hall–Kier alpha value is -2.90.